The van der Waals surface area contributed by atoms with Crippen LogP contribution in [0.5, 0.6) is 0 Å². The summed E-state index contributed by atoms with van der Waals surface area (Å²) in [5, 5.41) is 10.5. The van der Waals surface area contributed by atoms with Crippen LogP contribution in [0.1, 0.15) is 286 Å². The van der Waals surface area contributed by atoms with E-state index in [0.717, 1.165) is 127 Å². The number of carbonyl (C=O) groups excluding carboxylic acids is 4. The summed E-state index contributed by atoms with van der Waals surface area (Å²) in [6.45, 7) is 9.33. The van der Waals surface area contributed by atoms with Crippen LogP contribution in [-0.2, 0) is 65.4 Å². The van der Waals surface area contributed by atoms with Gasteiger partial charge in [-0.2, -0.15) is 0 Å². The highest BCUT2D eigenvalue weighted by molar-refractivity contribution is 7.47. The molecule has 0 aromatic carbocycles. The third-order valence-corrected chi connectivity index (χ3v) is 15.4. The van der Waals surface area contributed by atoms with Crippen molar-refractivity contribution in [2.24, 2.45) is 11.8 Å². The van der Waals surface area contributed by atoms with Crippen LogP contribution in [0.15, 0.2) is 0 Å². The molecule has 0 bridgehead atoms. The predicted molar refractivity (Wildman–Crippen MR) is 308 cm³/mol. The van der Waals surface area contributed by atoms with Crippen molar-refractivity contribution in [1.82, 2.24) is 0 Å². The average molecular weight is 1160 g/mol. The number of ether oxygens (including phenoxy) is 4. The lowest BCUT2D eigenvalue weighted by Crippen LogP contribution is -2.30. The van der Waals surface area contributed by atoms with Gasteiger partial charge in [0.25, 0.3) is 0 Å². The molecule has 0 aliphatic heterocycles. The Bertz CT molecular complexity index is 1550. The number of unbranched alkanes of at least 4 members (excludes halogenated alkanes) is 28. The Morgan fingerprint density at radius 3 is 0.872 bits per heavy atom. The topological polar surface area (TPSA) is 237 Å². The van der Waals surface area contributed by atoms with E-state index in [4.69, 9.17) is 37.0 Å². The Balaban J connectivity index is 5.20. The molecule has 0 radical (unpaired) electrons. The van der Waals surface area contributed by atoms with E-state index in [-0.39, 0.29) is 25.7 Å². The van der Waals surface area contributed by atoms with Crippen LogP contribution in [0.4, 0.5) is 0 Å². The number of carbonyl (C=O) groups is 4. The zero-order chi connectivity index (χ0) is 58.0. The van der Waals surface area contributed by atoms with Gasteiger partial charge in [-0.1, -0.05) is 234 Å². The highest BCUT2D eigenvalue weighted by Gasteiger charge is 2.30. The first kappa shape index (κ1) is 76.1. The van der Waals surface area contributed by atoms with Crippen LogP contribution in [0, 0.1) is 11.8 Å². The molecule has 0 fully saturated rings. The molecule has 78 heavy (non-hydrogen) atoms. The number of hydrogen-bond acceptors (Lipinski definition) is 15. The van der Waals surface area contributed by atoms with Crippen molar-refractivity contribution in [1.29, 1.82) is 0 Å². The van der Waals surface area contributed by atoms with Crippen LogP contribution >= 0.6 is 15.6 Å². The molecule has 0 rings (SSSR count). The monoisotopic (exact) mass is 1160 g/mol. The number of phosphoric ester groups is 2. The lowest BCUT2D eigenvalue weighted by Gasteiger charge is -2.21. The van der Waals surface area contributed by atoms with Crippen molar-refractivity contribution in [3.05, 3.63) is 0 Å². The smallest absolute Gasteiger partial charge is 0.462 e. The van der Waals surface area contributed by atoms with Crippen LogP contribution in [0.2, 0.25) is 0 Å². The minimum absolute atomic E-state index is 0.103. The van der Waals surface area contributed by atoms with Gasteiger partial charge in [0.1, 0.15) is 19.3 Å². The normalized spacial score (nSPS) is 14.4. The van der Waals surface area contributed by atoms with E-state index in [1.807, 2.05) is 0 Å². The Hall–Kier alpha value is -1.94. The molecule has 0 heterocycles. The standard InChI is InChI=1S/C59H114O17P2/c1-7-9-11-13-21-29-35-41-56(61)69-47-54(75-58(63)43-37-31-22-14-12-10-8-2)49-73-77(65,66)71-45-53(60)46-72-78(67,68)74-50-55(76-59(64)44-38-32-26-20-16-18-24-28-34-40-52(5)6)48-70-57(62)42-36-30-25-19-15-17-23-27-33-39-51(3)4/h51-55,60H,7-50H2,1-6H3,(H,65,66)(H,67,68)/t53-,54+,55+/m0/s1. The summed E-state index contributed by atoms with van der Waals surface area (Å²) < 4.78 is 67.6. The zero-order valence-corrected chi connectivity index (χ0v) is 51.7. The molecule has 0 saturated carbocycles. The molecule has 0 spiro atoms. The fourth-order valence-electron chi connectivity index (χ4n) is 8.65. The number of phosphoric acid groups is 2. The highest BCUT2D eigenvalue weighted by atomic mass is 31.2. The molecule has 5 atom stereocenters. The fraction of sp³-hybridized carbons (Fsp3) is 0.932. The first-order valence-electron chi connectivity index (χ1n) is 31.0. The van der Waals surface area contributed by atoms with E-state index in [1.54, 1.807) is 0 Å². The molecule has 0 aromatic heterocycles. The van der Waals surface area contributed by atoms with Gasteiger partial charge in [0.15, 0.2) is 12.2 Å². The minimum Gasteiger partial charge on any atom is -0.462 e. The fourth-order valence-corrected chi connectivity index (χ4v) is 10.2. The maximum atomic E-state index is 12.9. The quantitative estimate of drug-likeness (QED) is 0.0222. The van der Waals surface area contributed by atoms with E-state index in [0.29, 0.717) is 25.7 Å². The molecule has 0 aliphatic carbocycles. The minimum atomic E-state index is -4.94. The largest absolute Gasteiger partial charge is 0.472 e. The van der Waals surface area contributed by atoms with Crippen molar-refractivity contribution in [3.8, 4) is 0 Å². The molecule has 0 aliphatic rings. The molecular weight excluding hydrogens is 1040 g/mol. The van der Waals surface area contributed by atoms with E-state index in [2.05, 4.69) is 41.5 Å². The van der Waals surface area contributed by atoms with Gasteiger partial charge in [-0.05, 0) is 37.5 Å². The van der Waals surface area contributed by atoms with Crippen molar-refractivity contribution in [2.45, 2.75) is 304 Å². The van der Waals surface area contributed by atoms with Gasteiger partial charge in [0.05, 0.1) is 26.4 Å². The lowest BCUT2D eigenvalue weighted by molar-refractivity contribution is -0.161. The number of rotatable bonds is 58. The van der Waals surface area contributed by atoms with Crippen molar-refractivity contribution < 1.29 is 80.2 Å². The third-order valence-electron chi connectivity index (χ3n) is 13.5. The second kappa shape index (κ2) is 51.9. The summed E-state index contributed by atoms with van der Waals surface area (Å²) in [5.41, 5.74) is 0. The van der Waals surface area contributed by atoms with Gasteiger partial charge in [-0.15, -0.1) is 0 Å². The first-order valence-corrected chi connectivity index (χ1v) is 34.0. The van der Waals surface area contributed by atoms with Gasteiger partial charge < -0.3 is 33.8 Å². The zero-order valence-electron chi connectivity index (χ0n) is 50.0. The summed E-state index contributed by atoms with van der Waals surface area (Å²) >= 11 is 0. The van der Waals surface area contributed by atoms with Gasteiger partial charge in [0.2, 0.25) is 0 Å². The van der Waals surface area contributed by atoms with Gasteiger partial charge in [-0.25, -0.2) is 9.13 Å². The molecule has 0 saturated heterocycles. The molecule has 3 N–H and O–H groups in total. The lowest BCUT2D eigenvalue weighted by atomic mass is 10.0. The number of esters is 4. The molecular formula is C59H114O17P2. The summed E-state index contributed by atoms with van der Waals surface area (Å²) in [6, 6.07) is 0. The summed E-state index contributed by atoms with van der Waals surface area (Å²) in [4.78, 5) is 71.7. The maximum Gasteiger partial charge on any atom is 0.472 e. The van der Waals surface area contributed by atoms with Crippen LogP contribution in [0.3, 0.4) is 0 Å². The Morgan fingerprint density at radius 1 is 0.346 bits per heavy atom. The number of aliphatic hydroxyl groups is 1. The Labute approximate surface area is 473 Å². The Kier molecular flexibility index (Phi) is 50.6. The predicted octanol–water partition coefficient (Wildman–Crippen LogP) is 15.7. The second-order valence-electron chi connectivity index (χ2n) is 22.3. The SMILES string of the molecule is CCCCCCCCCC(=O)OC[C@H](COP(=O)(O)OC[C@H](O)COP(=O)(O)OC[C@@H](COC(=O)CCCCCCCCCCCC(C)C)OC(=O)CCCCCCCCCCCC(C)C)OC(=O)CCCCCCCCC. The Morgan fingerprint density at radius 2 is 0.590 bits per heavy atom. The van der Waals surface area contributed by atoms with E-state index >= 15 is 0 Å². The molecule has 17 nitrogen and oxygen atoms in total. The van der Waals surface area contributed by atoms with E-state index in [9.17, 15) is 43.2 Å². The molecule has 462 valence electrons. The summed E-state index contributed by atoms with van der Waals surface area (Å²) in [6.07, 6.45) is 32.4. The third kappa shape index (κ3) is 53.4. The first-order chi connectivity index (χ1) is 37.4. The van der Waals surface area contributed by atoms with Gasteiger partial charge >= 0.3 is 39.5 Å². The van der Waals surface area contributed by atoms with Crippen molar-refractivity contribution in [3.63, 3.8) is 0 Å². The van der Waals surface area contributed by atoms with Crippen LogP contribution in [-0.4, -0.2) is 96.7 Å². The van der Waals surface area contributed by atoms with Gasteiger partial charge in [-0.3, -0.25) is 37.3 Å². The summed E-state index contributed by atoms with van der Waals surface area (Å²) in [5.74, 6) is -0.670. The molecule has 2 unspecified atom stereocenters. The second-order valence-corrected chi connectivity index (χ2v) is 25.2. The number of hydrogen-bond donors (Lipinski definition) is 3. The van der Waals surface area contributed by atoms with Crippen LogP contribution < -0.4 is 0 Å². The average Bonchev–Trinajstić information content (AvgIpc) is 3.39. The van der Waals surface area contributed by atoms with E-state index < -0.39 is 97.5 Å². The number of aliphatic hydroxyl groups excluding tert-OH is 1. The van der Waals surface area contributed by atoms with E-state index in [1.165, 1.54) is 77.0 Å². The molecule has 0 aromatic rings. The maximum absolute atomic E-state index is 12.9. The summed E-state index contributed by atoms with van der Waals surface area (Å²) in [7, 11) is -9.87. The van der Waals surface area contributed by atoms with Crippen molar-refractivity contribution >= 4 is 39.5 Å². The molecule has 0 amide bonds. The molecule has 19 heteroatoms. The van der Waals surface area contributed by atoms with Crippen LogP contribution in [0.25, 0.3) is 0 Å². The highest BCUT2D eigenvalue weighted by Crippen LogP contribution is 2.45. The van der Waals surface area contributed by atoms with Gasteiger partial charge in [0, 0.05) is 25.7 Å². The van der Waals surface area contributed by atoms with Crippen molar-refractivity contribution in [2.75, 3.05) is 39.6 Å².